The van der Waals surface area contributed by atoms with Crippen molar-refractivity contribution in [1.29, 1.82) is 0 Å². The number of benzene rings is 1. The van der Waals surface area contributed by atoms with Gasteiger partial charge >= 0.3 is 0 Å². The van der Waals surface area contributed by atoms with Crippen LogP contribution in [0.2, 0.25) is 6.55 Å². The maximum Gasteiger partial charge on any atom is 0.230 e. The largest absolute Gasteiger partial charge is 0.427 e. The van der Waals surface area contributed by atoms with E-state index in [-0.39, 0.29) is 0 Å². The molecule has 0 radical (unpaired) electrons. The SMILES string of the molecule is CC(C)NC[Si](C)(O)c1ccccc1. The number of nitrogens with one attached hydrogen (secondary N) is 1. The molecule has 2 N–H and O–H groups in total. The van der Waals surface area contributed by atoms with Crippen molar-refractivity contribution < 1.29 is 4.80 Å². The Morgan fingerprint density at radius 1 is 1.29 bits per heavy atom. The fourth-order valence-corrected chi connectivity index (χ4v) is 3.22. The van der Waals surface area contributed by atoms with Crippen molar-refractivity contribution >= 4 is 13.5 Å². The highest BCUT2D eigenvalue weighted by atomic mass is 28.4. The van der Waals surface area contributed by atoms with Gasteiger partial charge in [-0.3, -0.25) is 0 Å². The van der Waals surface area contributed by atoms with Crippen molar-refractivity contribution in [3.63, 3.8) is 0 Å². The molecule has 2 nitrogen and oxygen atoms in total. The van der Waals surface area contributed by atoms with Crippen LogP contribution in [0, 0.1) is 0 Å². The summed E-state index contributed by atoms with van der Waals surface area (Å²) < 4.78 is 0. The molecule has 0 saturated heterocycles. The summed E-state index contributed by atoms with van der Waals surface area (Å²) in [6.45, 7) is 6.16. The van der Waals surface area contributed by atoms with Crippen LogP contribution >= 0.6 is 0 Å². The van der Waals surface area contributed by atoms with Crippen LogP contribution in [-0.2, 0) is 0 Å². The lowest BCUT2D eigenvalue weighted by atomic mass is 10.4. The molecule has 0 heterocycles. The highest BCUT2D eigenvalue weighted by molar-refractivity contribution is 6.84. The van der Waals surface area contributed by atoms with Gasteiger partial charge in [0.15, 0.2) is 0 Å². The highest BCUT2D eigenvalue weighted by Gasteiger charge is 2.26. The summed E-state index contributed by atoms with van der Waals surface area (Å²) in [4.78, 5) is 10.3. The molecule has 78 valence electrons. The Hall–Kier alpha value is -0.643. The van der Waals surface area contributed by atoms with Crippen LogP contribution < -0.4 is 10.5 Å². The molecule has 0 aromatic heterocycles. The maximum atomic E-state index is 10.3. The molecule has 1 aromatic rings. The zero-order valence-electron chi connectivity index (χ0n) is 9.12. The molecule has 1 unspecified atom stereocenters. The van der Waals surface area contributed by atoms with Crippen molar-refractivity contribution in [3.05, 3.63) is 30.3 Å². The van der Waals surface area contributed by atoms with Gasteiger partial charge in [-0.2, -0.15) is 0 Å². The maximum absolute atomic E-state index is 10.3. The van der Waals surface area contributed by atoms with E-state index in [2.05, 4.69) is 19.2 Å². The summed E-state index contributed by atoms with van der Waals surface area (Å²) in [5.41, 5.74) is 0. The molecule has 0 fully saturated rings. The predicted octanol–water partition coefficient (Wildman–Crippen LogP) is 0.998. The van der Waals surface area contributed by atoms with Gasteiger partial charge in [0.1, 0.15) is 0 Å². The van der Waals surface area contributed by atoms with Gasteiger partial charge in [-0.1, -0.05) is 44.2 Å². The standard InChI is InChI=1S/C11H19NOSi/c1-10(2)12-9-14(3,13)11-7-5-4-6-8-11/h4-8,10,12-13H,9H2,1-3H3. The summed E-state index contributed by atoms with van der Waals surface area (Å²) in [5.74, 6) is 0. The first-order valence-corrected chi connectivity index (χ1v) is 7.69. The summed E-state index contributed by atoms with van der Waals surface area (Å²) in [6, 6.07) is 10.4. The highest BCUT2D eigenvalue weighted by Crippen LogP contribution is 1.98. The molecule has 0 saturated carbocycles. The third-order valence-corrected chi connectivity index (χ3v) is 4.72. The molecule has 1 rings (SSSR count). The molecule has 3 heteroatoms. The summed E-state index contributed by atoms with van der Waals surface area (Å²) >= 11 is 0. The van der Waals surface area contributed by atoms with E-state index in [9.17, 15) is 4.80 Å². The van der Waals surface area contributed by atoms with Gasteiger partial charge in [0.2, 0.25) is 8.32 Å². The molecule has 0 bridgehead atoms. The Bertz CT molecular complexity index is 272. The van der Waals surface area contributed by atoms with Crippen LogP contribution in [0.1, 0.15) is 13.8 Å². The smallest absolute Gasteiger partial charge is 0.230 e. The van der Waals surface area contributed by atoms with Crippen LogP contribution in [-0.4, -0.2) is 25.3 Å². The molecule has 14 heavy (non-hydrogen) atoms. The van der Waals surface area contributed by atoms with Crippen molar-refractivity contribution in [1.82, 2.24) is 5.32 Å². The van der Waals surface area contributed by atoms with Crippen molar-refractivity contribution in [2.24, 2.45) is 0 Å². The average molecular weight is 209 g/mol. The minimum absolute atomic E-state index is 0.428. The van der Waals surface area contributed by atoms with Crippen LogP contribution in [0.15, 0.2) is 30.3 Å². The van der Waals surface area contributed by atoms with E-state index in [0.29, 0.717) is 12.2 Å². The Morgan fingerprint density at radius 3 is 2.36 bits per heavy atom. The summed E-state index contributed by atoms with van der Waals surface area (Å²) in [7, 11) is -2.25. The number of hydrogen-bond donors (Lipinski definition) is 2. The van der Waals surface area contributed by atoms with E-state index in [1.165, 1.54) is 0 Å². The van der Waals surface area contributed by atoms with Crippen LogP contribution in [0.5, 0.6) is 0 Å². The first-order chi connectivity index (χ1) is 6.52. The lowest BCUT2D eigenvalue weighted by Crippen LogP contribution is -2.54. The van der Waals surface area contributed by atoms with E-state index in [0.717, 1.165) is 5.19 Å². The molecule has 1 atom stereocenters. The second-order valence-corrected chi connectivity index (χ2v) is 7.65. The third-order valence-electron chi connectivity index (χ3n) is 2.25. The zero-order chi connectivity index (χ0) is 10.6. The van der Waals surface area contributed by atoms with Gasteiger partial charge in [0.05, 0.1) is 0 Å². The van der Waals surface area contributed by atoms with E-state index in [1.54, 1.807) is 0 Å². The predicted molar refractivity (Wildman–Crippen MR) is 63.1 cm³/mol. The molecular formula is C11H19NOSi. The first-order valence-electron chi connectivity index (χ1n) is 5.03. The Kier molecular flexibility index (Phi) is 3.86. The topological polar surface area (TPSA) is 32.3 Å². The Labute approximate surface area is 87.1 Å². The third kappa shape index (κ3) is 3.25. The lowest BCUT2D eigenvalue weighted by molar-refractivity contribution is 0.530. The fraction of sp³-hybridized carbons (Fsp3) is 0.455. The van der Waals surface area contributed by atoms with Crippen molar-refractivity contribution in [2.45, 2.75) is 26.4 Å². The van der Waals surface area contributed by atoms with Crippen molar-refractivity contribution in [3.8, 4) is 0 Å². The minimum Gasteiger partial charge on any atom is -0.427 e. The zero-order valence-corrected chi connectivity index (χ0v) is 10.1. The van der Waals surface area contributed by atoms with E-state index in [4.69, 9.17) is 0 Å². The monoisotopic (exact) mass is 209 g/mol. The van der Waals surface area contributed by atoms with Crippen molar-refractivity contribution in [2.75, 3.05) is 6.17 Å². The average Bonchev–Trinajstić information content (AvgIpc) is 2.16. The number of rotatable bonds is 4. The minimum atomic E-state index is -2.25. The van der Waals surface area contributed by atoms with E-state index >= 15 is 0 Å². The molecule has 0 amide bonds. The van der Waals surface area contributed by atoms with E-state index in [1.807, 2.05) is 36.9 Å². The normalized spacial score (nSPS) is 15.5. The molecular weight excluding hydrogens is 190 g/mol. The van der Waals surface area contributed by atoms with Gasteiger partial charge in [-0.05, 0) is 11.7 Å². The molecule has 0 aliphatic carbocycles. The van der Waals surface area contributed by atoms with Crippen LogP contribution in [0.4, 0.5) is 0 Å². The molecule has 0 spiro atoms. The van der Waals surface area contributed by atoms with Gasteiger partial charge < -0.3 is 10.1 Å². The first kappa shape index (κ1) is 11.4. The van der Waals surface area contributed by atoms with Gasteiger partial charge in [-0.25, -0.2) is 0 Å². The molecule has 0 aliphatic heterocycles. The van der Waals surface area contributed by atoms with E-state index < -0.39 is 8.32 Å². The fourth-order valence-electron chi connectivity index (χ4n) is 1.30. The summed E-state index contributed by atoms with van der Waals surface area (Å²) in [5, 5.41) is 4.39. The van der Waals surface area contributed by atoms with Gasteiger partial charge in [-0.15, -0.1) is 0 Å². The number of hydrogen-bond acceptors (Lipinski definition) is 2. The Morgan fingerprint density at radius 2 is 1.86 bits per heavy atom. The van der Waals surface area contributed by atoms with Crippen LogP contribution in [0.25, 0.3) is 0 Å². The lowest BCUT2D eigenvalue weighted by Gasteiger charge is -2.22. The molecule has 0 aliphatic rings. The van der Waals surface area contributed by atoms with Crippen LogP contribution in [0.3, 0.4) is 0 Å². The Balaban J connectivity index is 2.66. The van der Waals surface area contributed by atoms with Gasteiger partial charge in [0, 0.05) is 12.2 Å². The second-order valence-electron chi connectivity index (χ2n) is 4.18. The molecule has 1 aromatic carbocycles. The second kappa shape index (κ2) is 4.73. The summed E-state index contributed by atoms with van der Waals surface area (Å²) in [6.07, 6.45) is 0.717. The van der Waals surface area contributed by atoms with Gasteiger partial charge in [0.25, 0.3) is 0 Å². The quantitative estimate of drug-likeness (QED) is 0.725.